The molecular formula is C88H90. The summed E-state index contributed by atoms with van der Waals surface area (Å²) in [6, 6.07) is 73.2. The highest BCUT2D eigenvalue weighted by atomic mass is 14.4. The topological polar surface area (TPSA) is 0 Å². The maximum atomic E-state index is 2.52. The zero-order chi connectivity index (χ0) is 62.5. The molecule has 0 heteroatoms. The first-order valence-corrected chi connectivity index (χ1v) is 32.6. The van der Waals surface area contributed by atoms with Crippen molar-refractivity contribution in [3.05, 3.63) is 249 Å². The van der Waals surface area contributed by atoms with E-state index in [0.29, 0.717) is 0 Å². The van der Waals surface area contributed by atoms with Crippen LogP contribution in [-0.4, -0.2) is 0 Å². The van der Waals surface area contributed by atoms with Crippen LogP contribution in [0.3, 0.4) is 0 Å². The average Bonchev–Trinajstić information content (AvgIpc) is 1.65. The summed E-state index contributed by atoms with van der Waals surface area (Å²) in [5.74, 6) is 0. The molecule has 14 rings (SSSR count). The SMILES string of the molecule is CC(C)(C)c1ccc2c(c1)C(C)(C)c1cc(-c3cc(-c4cc(-c5ccc6c(c5)C(C)(C)c5cc(C(C)(C)C)ccc5-6)cc(-c5ccc6c(c5)C(C)(C)c5cc(C(C)(C)C)ccc5-6)c4)cc(-c4ccc5c(c4)C(C)(C)c4cc(C(C)(C)C)ccc4-5)c3)ccc1-2. The van der Waals surface area contributed by atoms with Gasteiger partial charge in [-0.15, -0.1) is 0 Å². The van der Waals surface area contributed by atoms with Crippen molar-refractivity contribution in [2.75, 3.05) is 0 Å². The van der Waals surface area contributed by atoms with Crippen LogP contribution in [0.2, 0.25) is 0 Å². The van der Waals surface area contributed by atoms with Crippen molar-refractivity contribution in [1.82, 2.24) is 0 Å². The van der Waals surface area contributed by atoms with Crippen LogP contribution in [0.5, 0.6) is 0 Å². The lowest BCUT2D eigenvalue weighted by atomic mass is 9.78. The predicted octanol–water partition coefficient (Wildman–Crippen LogP) is 24.4. The van der Waals surface area contributed by atoms with Gasteiger partial charge in [-0.25, -0.2) is 0 Å². The first-order chi connectivity index (χ1) is 41.1. The van der Waals surface area contributed by atoms with Gasteiger partial charge < -0.3 is 0 Å². The fourth-order valence-electron chi connectivity index (χ4n) is 15.8. The lowest BCUT2D eigenvalue weighted by Crippen LogP contribution is -2.17. The van der Waals surface area contributed by atoms with Gasteiger partial charge in [-0.2, -0.15) is 0 Å². The van der Waals surface area contributed by atoms with Gasteiger partial charge in [0, 0.05) is 21.7 Å². The Morgan fingerprint density at radius 3 is 0.489 bits per heavy atom. The molecule has 0 radical (unpaired) electrons. The van der Waals surface area contributed by atoms with Gasteiger partial charge in [-0.05, 0) is 249 Å². The highest BCUT2D eigenvalue weighted by Crippen LogP contribution is 2.56. The Hall–Kier alpha value is -7.80. The van der Waals surface area contributed by atoms with Gasteiger partial charge in [0.1, 0.15) is 0 Å². The summed E-state index contributed by atoms with van der Waals surface area (Å²) in [6.45, 7) is 47.4. The monoisotopic (exact) mass is 1150 g/mol. The van der Waals surface area contributed by atoms with E-state index in [1.165, 1.54) is 167 Å². The van der Waals surface area contributed by atoms with Crippen molar-refractivity contribution in [1.29, 1.82) is 0 Å². The Balaban J connectivity index is 0.970. The second-order valence-corrected chi connectivity index (χ2v) is 33.2. The lowest BCUT2D eigenvalue weighted by molar-refractivity contribution is 0.584. The third-order valence-corrected chi connectivity index (χ3v) is 21.7. The molecule has 442 valence electrons. The lowest BCUT2D eigenvalue weighted by Gasteiger charge is -2.26. The van der Waals surface area contributed by atoms with Crippen LogP contribution in [0, 0.1) is 0 Å². The van der Waals surface area contributed by atoms with E-state index in [4.69, 9.17) is 0 Å². The Morgan fingerprint density at radius 2 is 0.318 bits per heavy atom. The number of hydrogen-bond donors (Lipinski definition) is 0. The van der Waals surface area contributed by atoms with E-state index in [9.17, 15) is 0 Å². The Kier molecular flexibility index (Phi) is 12.4. The van der Waals surface area contributed by atoms with E-state index in [-0.39, 0.29) is 43.3 Å². The average molecular weight is 1150 g/mol. The smallest absolute Gasteiger partial charge is 0.0159 e. The summed E-state index contributed by atoms with van der Waals surface area (Å²) < 4.78 is 0. The van der Waals surface area contributed by atoms with Crippen LogP contribution in [0.1, 0.15) is 205 Å². The summed E-state index contributed by atoms with van der Waals surface area (Å²) in [4.78, 5) is 0. The van der Waals surface area contributed by atoms with E-state index in [0.717, 1.165) is 0 Å². The highest BCUT2D eigenvalue weighted by molar-refractivity contribution is 5.93. The van der Waals surface area contributed by atoms with Crippen molar-refractivity contribution in [2.45, 2.75) is 182 Å². The van der Waals surface area contributed by atoms with Crippen molar-refractivity contribution in [3.8, 4) is 100 Å². The van der Waals surface area contributed by atoms with Crippen molar-refractivity contribution < 1.29 is 0 Å². The minimum Gasteiger partial charge on any atom is -0.0579 e. The third kappa shape index (κ3) is 8.95. The zero-order valence-corrected chi connectivity index (χ0v) is 56.3. The summed E-state index contributed by atoms with van der Waals surface area (Å²) in [5, 5.41) is 0. The molecule has 0 saturated heterocycles. The minimum atomic E-state index is -0.166. The molecule has 10 aromatic carbocycles. The van der Waals surface area contributed by atoms with Crippen molar-refractivity contribution in [3.63, 3.8) is 0 Å². The molecule has 0 aliphatic heterocycles. The van der Waals surface area contributed by atoms with E-state index in [1.807, 2.05) is 0 Å². The number of rotatable bonds is 5. The van der Waals surface area contributed by atoms with E-state index in [1.54, 1.807) is 0 Å². The van der Waals surface area contributed by atoms with Crippen LogP contribution in [-0.2, 0) is 43.3 Å². The van der Waals surface area contributed by atoms with E-state index >= 15 is 0 Å². The fraction of sp³-hybridized carbons (Fsp3) is 0.318. The predicted molar refractivity (Wildman–Crippen MR) is 379 cm³/mol. The minimum absolute atomic E-state index is 0.0584. The van der Waals surface area contributed by atoms with Gasteiger partial charge in [0.25, 0.3) is 0 Å². The summed E-state index contributed by atoms with van der Waals surface area (Å²) in [7, 11) is 0. The molecule has 0 fully saturated rings. The molecule has 4 aliphatic rings. The molecular weight excluding hydrogens is 1060 g/mol. The molecule has 0 bridgehead atoms. The molecule has 0 heterocycles. The normalized spacial score (nSPS) is 16.1. The molecule has 0 unspecified atom stereocenters. The van der Waals surface area contributed by atoms with Gasteiger partial charge >= 0.3 is 0 Å². The van der Waals surface area contributed by atoms with Crippen molar-refractivity contribution >= 4 is 0 Å². The van der Waals surface area contributed by atoms with Gasteiger partial charge in [-0.1, -0.05) is 260 Å². The Morgan fingerprint density at radius 1 is 0.170 bits per heavy atom. The number of fused-ring (bicyclic) bond motifs is 12. The van der Waals surface area contributed by atoms with E-state index < -0.39 is 0 Å². The molecule has 88 heavy (non-hydrogen) atoms. The molecule has 0 amide bonds. The van der Waals surface area contributed by atoms with Crippen LogP contribution >= 0.6 is 0 Å². The van der Waals surface area contributed by atoms with Gasteiger partial charge in [0.05, 0.1) is 0 Å². The second-order valence-electron chi connectivity index (χ2n) is 33.2. The number of benzene rings is 10. The molecule has 0 saturated carbocycles. The maximum Gasteiger partial charge on any atom is 0.0159 e. The standard InChI is InChI=1S/C88H90/c1-81(2,3)61-25-33-69-65-29-21-51(43-73(65)85(13,14)77(69)47-61)55-37-56(52-22-30-66-70-34-26-62(82(4,5)6)48-78(70)86(15,16)74(66)44-52)40-59(39-55)60-41-57(53-23-31-67-71-35-27-63(83(7,8)9)49-79(71)87(17,18)75(67)45-53)38-58(42-60)54-24-32-68-72-36-28-64(84(10,11)12)50-80(72)88(19,20)76(68)46-54/h21-50H,1-20H3. The van der Waals surface area contributed by atoms with Gasteiger partial charge in [-0.3, -0.25) is 0 Å². The largest absolute Gasteiger partial charge is 0.0579 e. The molecule has 4 aliphatic carbocycles. The molecule has 0 nitrogen and oxygen atoms in total. The summed E-state index contributed by atoms with van der Waals surface area (Å²) >= 11 is 0. The Labute approximate surface area is 527 Å². The fourth-order valence-corrected chi connectivity index (χ4v) is 15.8. The van der Waals surface area contributed by atoms with E-state index in [2.05, 4.69) is 320 Å². The first kappa shape index (κ1) is 57.9. The summed E-state index contributed by atoms with van der Waals surface area (Å²) in [6.07, 6.45) is 0. The second kappa shape index (κ2) is 18.9. The van der Waals surface area contributed by atoms with Crippen LogP contribution in [0.4, 0.5) is 0 Å². The maximum absolute atomic E-state index is 2.52. The van der Waals surface area contributed by atoms with Crippen LogP contribution < -0.4 is 0 Å². The highest BCUT2D eigenvalue weighted by Gasteiger charge is 2.41. The molecule has 0 atom stereocenters. The van der Waals surface area contributed by atoms with Crippen molar-refractivity contribution in [2.24, 2.45) is 0 Å². The third-order valence-electron chi connectivity index (χ3n) is 21.7. The number of hydrogen-bond acceptors (Lipinski definition) is 0. The first-order valence-electron chi connectivity index (χ1n) is 32.6. The van der Waals surface area contributed by atoms with Gasteiger partial charge in [0.2, 0.25) is 0 Å². The Bertz CT molecular complexity index is 4040. The molecule has 0 aromatic heterocycles. The van der Waals surface area contributed by atoms with Gasteiger partial charge in [0.15, 0.2) is 0 Å². The van der Waals surface area contributed by atoms with Crippen LogP contribution in [0.25, 0.3) is 100 Å². The summed E-state index contributed by atoms with van der Waals surface area (Å²) in [5.41, 5.74) is 39.4. The van der Waals surface area contributed by atoms with Crippen LogP contribution in [0.15, 0.2) is 182 Å². The molecule has 10 aromatic rings. The quantitative estimate of drug-likeness (QED) is 0.161. The molecule has 0 spiro atoms. The molecule has 0 N–H and O–H groups in total. The zero-order valence-electron chi connectivity index (χ0n) is 56.3.